The molecule has 1 fully saturated rings. The van der Waals surface area contributed by atoms with Crippen LogP contribution in [0.15, 0.2) is 18.2 Å². The van der Waals surface area contributed by atoms with E-state index < -0.39 is 0 Å². The lowest BCUT2D eigenvalue weighted by Gasteiger charge is -2.43. The van der Waals surface area contributed by atoms with Gasteiger partial charge in [-0.05, 0) is 44.7 Å². The van der Waals surface area contributed by atoms with Gasteiger partial charge < -0.3 is 4.90 Å². The Morgan fingerprint density at radius 1 is 1.22 bits per heavy atom. The largest absolute Gasteiger partial charge is 0.368 e. The molecule has 1 aromatic carbocycles. The van der Waals surface area contributed by atoms with Crippen LogP contribution >= 0.6 is 11.6 Å². The number of benzene rings is 1. The van der Waals surface area contributed by atoms with E-state index in [1.165, 1.54) is 6.07 Å². The van der Waals surface area contributed by atoms with Crippen molar-refractivity contribution in [1.82, 2.24) is 4.90 Å². The van der Waals surface area contributed by atoms with Crippen LogP contribution < -0.4 is 4.90 Å². The van der Waals surface area contributed by atoms with E-state index in [-0.39, 0.29) is 5.82 Å². The Labute approximate surface area is 113 Å². The Hall–Kier alpha value is -0.800. The van der Waals surface area contributed by atoms with Gasteiger partial charge in [0.05, 0.1) is 0 Å². The Kier molecular flexibility index (Phi) is 4.13. The fraction of sp³-hybridized carbons (Fsp3) is 0.571. The van der Waals surface area contributed by atoms with Crippen LogP contribution in [0.2, 0.25) is 0 Å². The molecule has 4 heteroatoms. The standard InChI is InChI=1S/C14H20ClFN2/c1-10-8-18(9-11(2)17(10)3)14-5-12(7-15)4-13(16)6-14/h4-6,10-11H,7-9H2,1-3H3. The average molecular weight is 271 g/mol. The van der Waals surface area contributed by atoms with Gasteiger partial charge in [-0.15, -0.1) is 11.6 Å². The van der Waals surface area contributed by atoms with Crippen molar-refractivity contribution in [3.05, 3.63) is 29.6 Å². The van der Waals surface area contributed by atoms with E-state index in [4.69, 9.17) is 11.6 Å². The van der Waals surface area contributed by atoms with Crippen molar-refractivity contribution in [3.8, 4) is 0 Å². The summed E-state index contributed by atoms with van der Waals surface area (Å²) in [4.78, 5) is 4.60. The van der Waals surface area contributed by atoms with Crippen molar-refractivity contribution in [2.75, 3.05) is 25.0 Å². The van der Waals surface area contributed by atoms with E-state index in [1.54, 1.807) is 6.07 Å². The van der Waals surface area contributed by atoms with Gasteiger partial charge in [0.1, 0.15) is 5.82 Å². The fourth-order valence-electron chi connectivity index (χ4n) is 2.51. The van der Waals surface area contributed by atoms with Crippen molar-refractivity contribution >= 4 is 17.3 Å². The Morgan fingerprint density at radius 2 is 1.83 bits per heavy atom. The monoisotopic (exact) mass is 270 g/mol. The van der Waals surface area contributed by atoms with Crippen LogP contribution in [0.25, 0.3) is 0 Å². The molecule has 2 nitrogen and oxygen atoms in total. The number of alkyl halides is 1. The number of piperazine rings is 1. The van der Waals surface area contributed by atoms with Gasteiger partial charge in [0.15, 0.2) is 0 Å². The molecule has 100 valence electrons. The molecule has 1 aliphatic heterocycles. The SMILES string of the molecule is CC1CN(c2cc(F)cc(CCl)c2)CC(C)N1C. The average Bonchev–Trinajstić information content (AvgIpc) is 2.34. The number of halogens is 2. The summed E-state index contributed by atoms with van der Waals surface area (Å²) in [6.45, 7) is 6.24. The predicted octanol–water partition coefficient (Wildman–Crippen LogP) is 3.09. The van der Waals surface area contributed by atoms with Gasteiger partial charge in [0.2, 0.25) is 0 Å². The summed E-state index contributed by atoms with van der Waals surface area (Å²) in [6, 6.07) is 6.02. The number of hydrogen-bond acceptors (Lipinski definition) is 2. The van der Waals surface area contributed by atoms with Crippen molar-refractivity contribution in [3.63, 3.8) is 0 Å². The molecule has 1 heterocycles. The Bertz CT molecular complexity index is 412. The molecule has 0 amide bonds. The van der Waals surface area contributed by atoms with Gasteiger partial charge in [0, 0.05) is 36.7 Å². The molecule has 0 bridgehead atoms. The molecule has 2 rings (SSSR count). The summed E-state index contributed by atoms with van der Waals surface area (Å²) >= 11 is 5.80. The first-order valence-corrected chi connectivity index (χ1v) is 6.87. The summed E-state index contributed by atoms with van der Waals surface area (Å²) in [7, 11) is 2.14. The highest BCUT2D eigenvalue weighted by atomic mass is 35.5. The van der Waals surface area contributed by atoms with Gasteiger partial charge in [-0.1, -0.05) is 0 Å². The van der Waals surface area contributed by atoms with Gasteiger partial charge in [0.25, 0.3) is 0 Å². The third kappa shape index (κ3) is 2.78. The van der Waals surface area contributed by atoms with Crippen molar-refractivity contribution in [2.24, 2.45) is 0 Å². The molecule has 0 radical (unpaired) electrons. The second-order valence-corrected chi connectivity index (χ2v) is 5.49. The van der Waals surface area contributed by atoms with Crippen LogP contribution in [0.1, 0.15) is 19.4 Å². The first-order chi connectivity index (χ1) is 8.51. The molecule has 0 saturated carbocycles. The van der Waals surface area contributed by atoms with Crippen LogP contribution in [0.5, 0.6) is 0 Å². The molecule has 1 saturated heterocycles. The normalized spacial score (nSPS) is 25.5. The van der Waals surface area contributed by atoms with Gasteiger partial charge >= 0.3 is 0 Å². The van der Waals surface area contributed by atoms with E-state index in [0.717, 1.165) is 24.3 Å². The molecule has 1 aliphatic rings. The second-order valence-electron chi connectivity index (χ2n) is 5.22. The maximum atomic E-state index is 13.5. The summed E-state index contributed by atoms with van der Waals surface area (Å²) in [5.41, 5.74) is 1.78. The van der Waals surface area contributed by atoms with Gasteiger partial charge in [-0.25, -0.2) is 4.39 Å². The lowest BCUT2D eigenvalue weighted by atomic mass is 10.1. The van der Waals surface area contributed by atoms with Crippen LogP contribution in [-0.4, -0.2) is 37.1 Å². The predicted molar refractivity (Wildman–Crippen MR) is 74.9 cm³/mol. The summed E-state index contributed by atoms with van der Waals surface area (Å²) in [6.07, 6.45) is 0. The van der Waals surface area contributed by atoms with E-state index >= 15 is 0 Å². The van der Waals surface area contributed by atoms with Crippen LogP contribution in [0.4, 0.5) is 10.1 Å². The van der Waals surface area contributed by atoms with E-state index in [2.05, 4.69) is 30.7 Å². The smallest absolute Gasteiger partial charge is 0.125 e. The minimum Gasteiger partial charge on any atom is -0.368 e. The zero-order chi connectivity index (χ0) is 13.3. The first-order valence-electron chi connectivity index (χ1n) is 6.33. The van der Waals surface area contributed by atoms with Crippen LogP contribution in [0.3, 0.4) is 0 Å². The number of likely N-dealkylation sites (N-methyl/N-ethyl adjacent to an activating group) is 1. The fourth-order valence-corrected chi connectivity index (χ4v) is 2.66. The molecular formula is C14H20ClFN2. The Balaban J connectivity index is 2.23. The topological polar surface area (TPSA) is 6.48 Å². The van der Waals surface area contributed by atoms with Crippen LogP contribution in [-0.2, 0) is 5.88 Å². The lowest BCUT2D eigenvalue weighted by molar-refractivity contribution is 0.170. The van der Waals surface area contributed by atoms with E-state index in [9.17, 15) is 4.39 Å². The molecule has 2 atom stereocenters. The third-order valence-electron chi connectivity index (χ3n) is 3.82. The zero-order valence-corrected chi connectivity index (χ0v) is 11.9. The molecule has 18 heavy (non-hydrogen) atoms. The molecule has 0 spiro atoms. The molecule has 1 aromatic rings. The molecule has 0 aromatic heterocycles. The molecule has 0 N–H and O–H groups in total. The molecule has 0 aliphatic carbocycles. The van der Waals surface area contributed by atoms with Gasteiger partial charge in [-0.2, -0.15) is 0 Å². The number of hydrogen-bond donors (Lipinski definition) is 0. The Morgan fingerprint density at radius 3 is 2.39 bits per heavy atom. The third-order valence-corrected chi connectivity index (χ3v) is 4.13. The summed E-state index contributed by atoms with van der Waals surface area (Å²) < 4.78 is 13.5. The van der Waals surface area contributed by atoms with Crippen molar-refractivity contribution < 1.29 is 4.39 Å². The molecule has 2 unspecified atom stereocenters. The quantitative estimate of drug-likeness (QED) is 0.762. The van der Waals surface area contributed by atoms with E-state index in [1.807, 2.05) is 6.07 Å². The van der Waals surface area contributed by atoms with Crippen LogP contribution in [0, 0.1) is 5.82 Å². The minimum atomic E-state index is -0.206. The highest BCUT2D eigenvalue weighted by Crippen LogP contribution is 2.24. The van der Waals surface area contributed by atoms with Crippen molar-refractivity contribution in [2.45, 2.75) is 31.8 Å². The number of anilines is 1. The summed E-state index contributed by atoms with van der Waals surface area (Å²) in [5.74, 6) is 0.145. The van der Waals surface area contributed by atoms with Crippen molar-refractivity contribution in [1.29, 1.82) is 0 Å². The highest BCUT2D eigenvalue weighted by Gasteiger charge is 2.26. The maximum absolute atomic E-state index is 13.5. The molecular weight excluding hydrogens is 251 g/mol. The second kappa shape index (κ2) is 5.45. The minimum absolute atomic E-state index is 0.206. The number of rotatable bonds is 2. The first kappa shape index (κ1) is 13.6. The van der Waals surface area contributed by atoms with Gasteiger partial charge in [-0.3, -0.25) is 4.90 Å². The summed E-state index contributed by atoms with van der Waals surface area (Å²) in [5, 5.41) is 0. The lowest BCUT2D eigenvalue weighted by Crippen LogP contribution is -2.55. The number of nitrogens with zero attached hydrogens (tertiary/aromatic N) is 2. The highest BCUT2D eigenvalue weighted by molar-refractivity contribution is 6.17. The zero-order valence-electron chi connectivity index (χ0n) is 11.2. The maximum Gasteiger partial charge on any atom is 0.125 e. The van der Waals surface area contributed by atoms with E-state index in [0.29, 0.717) is 18.0 Å².